The molecule has 0 saturated carbocycles. The fraction of sp³-hybridized carbons (Fsp3) is 0.0833. The summed E-state index contributed by atoms with van der Waals surface area (Å²) in [6, 6.07) is 9.15. The summed E-state index contributed by atoms with van der Waals surface area (Å²) in [6.45, 7) is 0. The molecule has 0 bridgehead atoms. The molecule has 0 saturated heterocycles. The smallest absolute Gasteiger partial charge is 0.123 e. The average Bonchev–Trinajstić information content (AvgIpc) is 2.35. The van der Waals surface area contributed by atoms with Crippen molar-refractivity contribution in [2.75, 3.05) is 0 Å². The fourth-order valence-electron chi connectivity index (χ4n) is 1.60. The van der Waals surface area contributed by atoms with Crippen LogP contribution in [0.3, 0.4) is 0 Å². The Bertz CT molecular complexity index is 501. The Balaban J connectivity index is 2.40. The number of hydrogen-bond acceptors (Lipinski definition) is 3. The Morgan fingerprint density at radius 2 is 1.94 bits per heavy atom. The Hall–Kier alpha value is -1.49. The van der Waals surface area contributed by atoms with E-state index in [2.05, 4.69) is 10.4 Å². The molecule has 0 spiro atoms. The second kappa shape index (κ2) is 5.23. The molecule has 0 amide bonds. The van der Waals surface area contributed by atoms with Gasteiger partial charge in [0.15, 0.2) is 0 Å². The van der Waals surface area contributed by atoms with E-state index in [1.165, 1.54) is 12.1 Å². The lowest BCUT2D eigenvalue weighted by molar-refractivity contribution is 0.608. The van der Waals surface area contributed by atoms with Gasteiger partial charge in [0.25, 0.3) is 0 Å². The van der Waals surface area contributed by atoms with Gasteiger partial charge in [-0.05, 0) is 29.8 Å². The van der Waals surface area contributed by atoms with Crippen LogP contribution in [0.1, 0.15) is 17.3 Å². The van der Waals surface area contributed by atoms with E-state index in [0.29, 0.717) is 10.7 Å². The molecule has 88 valence electrons. The summed E-state index contributed by atoms with van der Waals surface area (Å²) >= 11 is 6.05. The molecule has 1 aromatic heterocycles. The number of hydrogen-bond donors (Lipinski definition) is 2. The summed E-state index contributed by atoms with van der Waals surface area (Å²) in [6.07, 6.45) is 1.63. The van der Waals surface area contributed by atoms with Crippen molar-refractivity contribution in [3.63, 3.8) is 0 Å². The highest BCUT2D eigenvalue weighted by Crippen LogP contribution is 2.25. The molecule has 5 heteroatoms. The first-order valence-electron chi connectivity index (χ1n) is 5.04. The molecule has 1 heterocycles. The molecule has 0 aliphatic carbocycles. The number of rotatable bonds is 3. The SMILES string of the molecule is NNC(c1ccc(F)cc1)c1ncccc1Cl. The molecule has 0 aliphatic rings. The van der Waals surface area contributed by atoms with Crippen LogP contribution < -0.4 is 11.3 Å². The van der Waals surface area contributed by atoms with Crippen LogP contribution in [0.4, 0.5) is 4.39 Å². The Labute approximate surface area is 103 Å². The summed E-state index contributed by atoms with van der Waals surface area (Å²) in [5.41, 5.74) is 4.04. The van der Waals surface area contributed by atoms with E-state index < -0.39 is 0 Å². The van der Waals surface area contributed by atoms with Gasteiger partial charge in [0, 0.05) is 6.20 Å². The van der Waals surface area contributed by atoms with E-state index in [0.717, 1.165) is 5.56 Å². The first-order valence-corrected chi connectivity index (χ1v) is 5.42. The molecule has 1 unspecified atom stereocenters. The van der Waals surface area contributed by atoms with Gasteiger partial charge in [-0.2, -0.15) is 0 Å². The molecule has 2 aromatic rings. The predicted octanol–water partition coefficient (Wildman–Crippen LogP) is 2.43. The molecule has 1 aromatic carbocycles. The zero-order valence-electron chi connectivity index (χ0n) is 8.90. The number of nitrogens with one attached hydrogen (secondary N) is 1. The monoisotopic (exact) mass is 251 g/mol. The molecule has 1 atom stereocenters. The van der Waals surface area contributed by atoms with Crippen LogP contribution in [0.25, 0.3) is 0 Å². The molecule has 3 nitrogen and oxygen atoms in total. The van der Waals surface area contributed by atoms with Gasteiger partial charge in [0.2, 0.25) is 0 Å². The number of hydrazine groups is 1. The second-order valence-corrected chi connectivity index (χ2v) is 3.93. The summed E-state index contributed by atoms with van der Waals surface area (Å²) in [5, 5.41) is 0.514. The molecule has 2 rings (SSSR count). The fourth-order valence-corrected chi connectivity index (χ4v) is 1.83. The number of pyridine rings is 1. The largest absolute Gasteiger partial charge is 0.271 e. The van der Waals surface area contributed by atoms with Gasteiger partial charge >= 0.3 is 0 Å². The highest BCUT2D eigenvalue weighted by atomic mass is 35.5. The van der Waals surface area contributed by atoms with E-state index in [1.807, 2.05) is 0 Å². The molecular formula is C12H11ClFN3. The minimum absolute atomic E-state index is 0.295. The first kappa shape index (κ1) is 12.0. The lowest BCUT2D eigenvalue weighted by Gasteiger charge is -2.16. The van der Waals surface area contributed by atoms with Crippen LogP contribution in [0.15, 0.2) is 42.6 Å². The van der Waals surface area contributed by atoms with Crippen LogP contribution in [0, 0.1) is 5.82 Å². The maximum atomic E-state index is 12.8. The molecule has 17 heavy (non-hydrogen) atoms. The zero-order valence-corrected chi connectivity index (χ0v) is 9.66. The van der Waals surface area contributed by atoms with Gasteiger partial charge in [-0.15, -0.1) is 0 Å². The van der Waals surface area contributed by atoms with Crippen molar-refractivity contribution in [3.05, 3.63) is 64.7 Å². The van der Waals surface area contributed by atoms with Crippen molar-refractivity contribution in [3.8, 4) is 0 Å². The normalized spacial score (nSPS) is 12.4. The summed E-state index contributed by atoms with van der Waals surface area (Å²) in [4.78, 5) is 4.18. The molecule has 3 N–H and O–H groups in total. The number of nitrogens with zero attached hydrogens (tertiary/aromatic N) is 1. The van der Waals surface area contributed by atoms with Gasteiger partial charge in [0.1, 0.15) is 5.82 Å². The van der Waals surface area contributed by atoms with E-state index in [4.69, 9.17) is 17.4 Å². The van der Waals surface area contributed by atoms with Crippen molar-refractivity contribution in [1.29, 1.82) is 0 Å². The average molecular weight is 252 g/mol. The standard InChI is InChI=1S/C12H11ClFN3/c13-10-2-1-7-16-12(10)11(17-15)8-3-5-9(14)6-4-8/h1-7,11,17H,15H2. The second-order valence-electron chi connectivity index (χ2n) is 3.52. The van der Waals surface area contributed by atoms with Crippen LogP contribution in [0.5, 0.6) is 0 Å². The third kappa shape index (κ3) is 2.61. The van der Waals surface area contributed by atoms with Gasteiger partial charge < -0.3 is 0 Å². The maximum absolute atomic E-state index is 12.8. The topological polar surface area (TPSA) is 50.9 Å². The number of nitrogens with two attached hydrogens (primary N) is 1. The summed E-state index contributed by atoms with van der Waals surface area (Å²) in [7, 11) is 0. The van der Waals surface area contributed by atoms with E-state index in [-0.39, 0.29) is 11.9 Å². The van der Waals surface area contributed by atoms with Crippen molar-refractivity contribution < 1.29 is 4.39 Å². The number of aromatic nitrogens is 1. The van der Waals surface area contributed by atoms with E-state index in [1.54, 1.807) is 30.5 Å². The van der Waals surface area contributed by atoms with Gasteiger partial charge in [-0.25, -0.2) is 9.82 Å². The van der Waals surface area contributed by atoms with Crippen LogP contribution in [-0.4, -0.2) is 4.98 Å². The van der Waals surface area contributed by atoms with E-state index >= 15 is 0 Å². The van der Waals surface area contributed by atoms with Crippen molar-refractivity contribution >= 4 is 11.6 Å². The predicted molar refractivity (Wildman–Crippen MR) is 64.8 cm³/mol. The third-order valence-corrected chi connectivity index (χ3v) is 2.75. The Morgan fingerprint density at radius 1 is 1.24 bits per heavy atom. The Kier molecular flexibility index (Phi) is 3.68. The van der Waals surface area contributed by atoms with Gasteiger partial charge in [-0.1, -0.05) is 23.7 Å². The maximum Gasteiger partial charge on any atom is 0.123 e. The quantitative estimate of drug-likeness (QED) is 0.651. The number of benzene rings is 1. The third-order valence-electron chi connectivity index (χ3n) is 2.43. The highest BCUT2D eigenvalue weighted by molar-refractivity contribution is 6.31. The summed E-state index contributed by atoms with van der Waals surface area (Å²) < 4.78 is 12.8. The van der Waals surface area contributed by atoms with Crippen LogP contribution >= 0.6 is 11.6 Å². The lowest BCUT2D eigenvalue weighted by atomic mass is 10.0. The van der Waals surface area contributed by atoms with Crippen molar-refractivity contribution in [2.24, 2.45) is 5.84 Å². The highest BCUT2D eigenvalue weighted by Gasteiger charge is 2.16. The molecule has 0 aliphatic heterocycles. The van der Waals surface area contributed by atoms with Crippen LogP contribution in [0.2, 0.25) is 5.02 Å². The van der Waals surface area contributed by atoms with Gasteiger partial charge in [0.05, 0.1) is 16.8 Å². The molecule has 0 radical (unpaired) electrons. The molecule has 0 fully saturated rings. The minimum Gasteiger partial charge on any atom is -0.271 e. The zero-order chi connectivity index (χ0) is 12.3. The van der Waals surface area contributed by atoms with Gasteiger partial charge in [-0.3, -0.25) is 10.8 Å². The van der Waals surface area contributed by atoms with E-state index in [9.17, 15) is 4.39 Å². The Morgan fingerprint density at radius 3 is 2.53 bits per heavy atom. The minimum atomic E-state index is -0.357. The lowest BCUT2D eigenvalue weighted by Crippen LogP contribution is -2.29. The van der Waals surface area contributed by atoms with Crippen molar-refractivity contribution in [1.82, 2.24) is 10.4 Å². The molecular weight excluding hydrogens is 241 g/mol. The first-order chi connectivity index (χ1) is 8.22. The number of halogens is 2. The summed E-state index contributed by atoms with van der Waals surface area (Å²) in [5.74, 6) is 5.21. The van der Waals surface area contributed by atoms with Crippen molar-refractivity contribution in [2.45, 2.75) is 6.04 Å². The van der Waals surface area contributed by atoms with Crippen LogP contribution in [-0.2, 0) is 0 Å².